The summed E-state index contributed by atoms with van der Waals surface area (Å²) < 4.78 is 5.65. The Morgan fingerprint density at radius 3 is 3.00 bits per heavy atom. The monoisotopic (exact) mass is 297 g/mol. The van der Waals surface area contributed by atoms with Gasteiger partial charge in [0.2, 0.25) is 0 Å². The minimum Gasteiger partial charge on any atom is -0.493 e. The highest BCUT2D eigenvalue weighted by Crippen LogP contribution is 2.30. The third-order valence-electron chi connectivity index (χ3n) is 3.35. The first kappa shape index (κ1) is 12.9. The Morgan fingerprint density at radius 2 is 2.24 bits per heavy atom. The van der Waals surface area contributed by atoms with Gasteiger partial charge in [0, 0.05) is 12.0 Å². The average molecular weight is 298 g/mol. The minimum absolute atomic E-state index is 0.153. The van der Waals surface area contributed by atoms with Crippen molar-refractivity contribution in [2.75, 3.05) is 18.6 Å². The van der Waals surface area contributed by atoms with Crippen LogP contribution in [0.5, 0.6) is 5.75 Å². The summed E-state index contributed by atoms with van der Waals surface area (Å²) in [7, 11) is 0. The van der Waals surface area contributed by atoms with Gasteiger partial charge in [-0.1, -0.05) is 41.9 Å². The summed E-state index contributed by atoms with van der Waals surface area (Å²) in [5, 5.41) is 3.35. The van der Waals surface area contributed by atoms with E-state index in [9.17, 15) is 0 Å². The van der Waals surface area contributed by atoms with Crippen LogP contribution in [0.25, 0.3) is 0 Å². The van der Waals surface area contributed by atoms with Crippen molar-refractivity contribution in [3.63, 3.8) is 0 Å². The Morgan fingerprint density at radius 1 is 1.41 bits per heavy atom. The molecule has 3 heteroatoms. The van der Waals surface area contributed by atoms with Gasteiger partial charge in [-0.05, 0) is 30.0 Å². The van der Waals surface area contributed by atoms with Crippen LogP contribution in [-0.4, -0.2) is 18.6 Å². The molecule has 1 heterocycles. The highest BCUT2D eigenvalue weighted by Gasteiger charge is 2.22. The number of hydrogen-bond donors (Lipinski definition) is 1. The molecule has 1 aliphatic rings. The first-order valence-electron chi connectivity index (χ1n) is 6.16. The van der Waals surface area contributed by atoms with E-state index < -0.39 is 0 Å². The summed E-state index contributed by atoms with van der Waals surface area (Å²) in [6.45, 7) is 6.38. The summed E-state index contributed by atoms with van der Waals surface area (Å²) in [5.74, 6) is 1.07. The molecule has 0 spiro atoms. The zero-order valence-electron chi connectivity index (χ0n) is 10.6. The van der Waals surface area contributed by atoms with E-state index in [1.165, 1.54) is 11.1 Å². The predicted octanol–water partition coefficient (Wildman–Crippen LogP) is 3.23. The lowest BCUT2D eigenvalue weighted by molar-refractivity contribution is 0.288. The summed E-state index contributed by atoms with van der Waals surface area (Å²) in [6.07, 6.45) is 2.28. The fourth-order valence-corrected chi connectivity index (χ4v) is 2.44. The van der Waals surface area contributed by atoms with Gasteiger partial charge in [-0.2, -0.15) is 0 Å². The van der Waals surface area contributed by atoms with Crippen molar-refractivity contribution in [3.05, 3.63) is 29.3 Å². The lowest BCUT2D eigenvalue weighted by Crippen LogP contribution is -2.32. The van der Waals surface area contributed by atoms with E-state index in [-0.39, 0.29) is 5.41 Å². The molecule has 1 aromatic rings. The number of nitrogens with one attached hydrogen (secondary N) is 1. The molecule has 1 aromatic carbocycles. The Bertz CT molecular complexity index is 390. The van der Waals surface area contributed by atoms with Crippen molar-refractivity contribution < 1.29 is 4.74 Å². The molecule has 17 heavy (non-hydrogen) atoms. The van der Waals surface area contributed by atoms with E-state index in [0.29, 0.717) is 0 Å². The van der Waals surface area contributed by atoms with Crippen molar-refractivity contribution in [2.45, 2.75) is 32.1 Å². The molecule has 0 aromatic heterocycles. The highest BCUT2D eigenvalue weighted by molar-refractivity contribution is 9.09. The number of halogens is 1. The lowest BCUT2D eigenvalue weighted by Gasteiger charge is -2.27. The maximum atomic E-state index is 5.65. The van der Waals surface area contributed by atoms with Gasteiger partial charge in [0.15, 0.2) is 0 Å². The van der Waals surface area contributed by atoms with E-state index in [1.807, 2.05) is 0 Å². The molecule has 0 saturated heterocycles. The number of hydrogen-bond acceptors (Lipinski definition) is 2. The molecule has 1 N–H and O–H groups in total. The third-order valence-corrected chi connectivity index (χ3v) is 3.75. The zero-order chi connectivity index (χ0) is 12.3. The third kappa shape index (κ3) is 3.02. The molecule has 0 fully saturated rings. The number of aryl methyl sites for hydroxylation is 1. The van der Waals surface area contributed by atoms with Crippen LogP contribution >= 0.6 is 15.9 Å². The van der Waals surface area contributed by atoms with E-state index >= 15 is 0 Å². The van der Waals surface area contributed by atoms with Gasteiger partial charge in [0.1, 0.15) is 5.75 Å². The quantitative estimate of drug-likeness (QED) is 0.680. The normalized spacial score (nSPS) is 15.2. The average Bonchev–Trinajstić information content (AvgIpc) is 2.36. The molecular weight excluding hydrogens is 278 g/mol. The van der Waals surface area contributed by atoms with Crippen molar-refractivity contribution >= 4 is 15.9 Å². The van der Waals surface area contributed by atoms with E-state index in [0.717, 1.165) is 37.2 Å². The molecule has 2 rings (SSSR count). The highest BCUT2D eigenvalue weighted by atomic mass is 79.9. The van der Waals surface area contributed by atoms with Gasteiger partial charge in [-0.15, -0.1) is 0 Å². The largest absolute Gasteiger partial charge is 0.493 e. The molecule has 0 unspecified atom stereocenters. The second-order valence-electron chi connectivity index (χ2n) is 5.22. The summed E-state index contributed by atoms with van der Waals surface area (Å²) in [5.41, 5.74) is 3.74. The van der Waals surface area contributed by atoms with Gasteiger partial charge in [0.25, 0.3) is 0 Å². The van der Waals surface area contributed by atoms with Crippen molar-refractivity contribution in [3.8, 4) is 5.75 Å². The summed E-state index contributed by atoms with van der Waals surface area (Å²) in [6, 6.07) is 6.63. The predicted molar refractivity (Wildman–Crippen MR) is 75.1 cm³/mol. The lowest BCUT2D eigenvalue weighted by atomic mass is 9.83. The van der Waals surface area contributed by atoms with Crippen molar-refractivity contribution in [1.29, 1.82) is 0 Å². The second kappa shape index (κ2) is 5.40. The van der Waals surface area contributed by atoms with E-state index in [1.54, 1.807) is 0 Å². The number of ether oxygens (including phenoxy) is 1. The molecule has 0 bridgehead atoms. The minimum atomic E-state index is 0.153. The number of rotatable bonds is 4. The first-order chi connectivity index (χ1) is 8.13. The van der Waals surface area contributed by atoms with Crippen LogP contribution in [0.4, 0.5) is 0 Å². The van der Waals surface area contributed by atoms with Gasteiger partial charge < -0.3 is 10.1 Å². The Kier molecular flexibility index (Phi) is 4.10. The fourth-order valence-electron chi connectivity index (χ4n) is 2.24. The van der Waals surface area contributed by atoms with Crippen LogP contribution in [0.1, 0.15) is 31.4 Å². The number of benzene rings is 1. The molecule has 0 radical (unpaired) electrons. The van der Waals surface area contributed by atoms with Gasteiger partial charge >= 0.3 is 0 Å². The molecule has 1 aliphatic heterocycles. The topological polar surface area (TPSA) is 21.3 Å². The molecule has 0 saturated carbocycles. The van der Waals surface area contributed by atoms with Crippen molar-refractivity contribution in [2.24, 2.45) is 0 Å². The first-order valence-corrected chi connectivity index (χ1v) is 7.28. The molecule has 2 nitrogen and oxygen atoms in total. The van der Waals surface area contributed by atoms with E-state index in [2.05, 4.69) is 53.3 Å². The SMILES string of the molecule is CC(C)(CNCBr)c1ccc2c(c1)CCCO2. The van der Waals surface area contributed by atoms with E-state index in [4.69, 9.17) is 4.74 Å². The fraction of sp³-hybridized carbons (Fsp3) is 0.571. The second-order valence-corrected chi connectivity index (χ2v) is 5.78. The summed E-state index contributed by atoms with van der Waals surface area (Å²) >= 11 is 3.40. The molecular formula is C14H20BrNO. The molecule has 0 aliphatic carbocycles. The van der Waals surface area contributed by atoms with Gasteiger partial charge in [0.05, 0.1) is 12.1 Å². The standard InChI is InChI=1S/C14H20BrNO/c1-14(2,9-16-10-15)12-5-6-13-11(8-12)4-3-7-17-13/h5-6,8,16H,3-4,7,9-10H2,1-2H3. The molecule has 0 amide bonds. The van der Waals surface area contributed by atoms with Crippen LogP contribution in [0.2, 0.25) is 0 Å². The smallest absolute Gasteiger partial charge is 0.122 e. The van der Waals surface area contributed by atoms with Crippen LogP contribution in [0.3, 0.4) is 0 Å². The zero-order valence-corrected chi connectivity index (χ0v) is 12.1. The molecule has 0 atom stereocenters. The maximum Gasteiger partial charge on any atom is 0.122 e. The summed E-state index contributed by atoms with van der Waals surface area (Å²) in [4.78, 5) is 0. The van der Waals surface area contributed by atoms with Gasteiger partial charge in [-0.3, -0.25) is 0 Å². The van der Waals surface area contributed by atoms with Crippen LogP contribution < -0.4 is 10.1 Å². The van der Waals surface area contributed by atoms with Crippen molar-refractivity contribution in [1.82, 2.24) is 5.32 Å². The number of alkyl halides is 1. The Hall–Kier alpha value is -0.540. The Labute approximate surface area is 112 Å². The van der Waals surface area contributed by atoms with Gasteiger partial charge in [-0.25, -0.2) is 0 Å². The Balaban J connectivity index is 2.20. The van der Waals surface area contributed by atoms with Crippen LogP contribution in [0.15, 0.2) is 18.2 Å². The van der Waals surface area contributed by atoms with Crippen LogP contribution in [0, 0.1) is 0 Å². The van der Waals surface area contributed by atoms with Crippen LogP contribution in [-0.2, 0) is 11.8 Å². The number of fused-ring (bicyclic) bond motifs is 1. The maximum absolute atomic E-state index is 5.65. The molecule has 94 valence electrons.